The normalized spacial score (nSPS) is 13.9. The largest absolute Gasteiger partial charge is 0.490 e. The Morgan fingerprint density at radius 2 is 1.75 bits per heavy atom. The minimum atomic E-state index is 0.237. The molecular weight excluding hydrogens is 354 g/mol. The van der Waals surface area contributed by atoms with Crippen molar-refractivity contribution in [3.8, 4) is 11.5 Å². The van der Waals surface area contributed by atoms with Gasteiger partial charge in [-0.15, -0.1) is 0 Å². The zero-order chi connectivity index (χ0) is 19.8. The van der Waals surface area contributed by atoms with E-state index in [1.165, 1.54) is 11.1 Å². The molecule has 0 fully saturated rings. The molecule has 6 nitrogen and oxygen atoms in total. The minimum absolute atomic E-state index is 0.237. The predicted octanol–water partition coefficient (Wildman–Crippen LogP) is 3.96. The molecule has 0 unspecified atom stereocenters. The molecule has 1 aliphatic rings. The molecule has 0 atom stereocenters. The lowest BCUT2D eigenvalue weighted by Crippen LogP contribution is -2.30. The molecule has 28 heavy (non-hydrogen) atoms. The summed E-state index contributed by atoms with van der Waals surface area (Å²) >= 11 is 0. The lowest BCUT2D eigenvalue weighted by Gasteiger charge is -2.14. The van der Waals surface area contributed by atoms with E-state index in [1.807, 2.05) is 32.0 Å². The molecule has 1 aliphatic heterocycles. The first-order chi connectivity index (χ1) is 13.6. The Morgan fingerprint density at radius 1 is 1.04 bits per heavy atom. The molecule has 1 heterocycles. The lowest BCUT2D eigenvalue weighted by molar-refractivity contribution is 0.0657. The van der Waals surface area contributed by atoms with Crippen LogP contribution in [-0.2, 0) is 17.9 Å². The summed E-state index contributed by atoms with van der Waals surface area (Å²) in [6.07, 6.45) is 1.13. The second kappa shape index (κ2) is 9.99. The Labute approximate surface area is 166 Å². The maximum absolute atomic E-state index is 5.74. The van der Waals surface area contributed by atoms with Crippen molar-refractivity contribution in [1.29, 1.82) is 0 Å². The Bertz CT molecular complexity index is 788. The van der Waals surface area contributed by atoms with E-state index in [1.54, 1.807) is 7.05 Å². The van der Waals surface area contributed by atoms with Crippen LogP contribution in [0.5, 0.6) is 11.5 Å². The van der Waals surface area contributed by atoms with E-state index in [-0.39, 0.29) is 6.10 Å². The summed E-state index contributed by atoms with van der Waals surface area (Å²) in [5, 5.41) is 6.63. The number of fused-ring (bicyclic) bond motifs is 1. The third-order valence-electron chi connectivity index (χ3n) is 4.30. The fourth-order valence-corrected chi connectivity index (χ4v) is 2.76. The number of ether oxygens (including phenoxy) is 3. The molecule has 0 spiro atoms. The smallest absolute Gasteiger partial charge is 0.195 e. The van der Waals surface area contributed by atoms with Gasteiger partial charge in [-0.2, -0.15) is 0 Å². The van der Waals surface area contributed by atoms with E-state index >= 15 is 0 Å². The summed E-state index contributed by atoms with van der Waals surface area (Å²) in [4.78, 5) is 4.30. The summed E-state index contributed by atoms with van der Waals surface area (Å²) in [5.74, 6) is 2.24. The van der Waals surface area contributed by atoms with Crippen molar-refractivity contribution in [2.24, 2.45) is 4.99 Å². The standard InChI is InChI=1S/C22H29N3O3/c1-16(2)28-15-18-7-5-17(6-8-18)14-24-22(23-3)25-19-9-10-20-21(13-19)27-12-4-11-26-20/h5-10,13,16H,4,11-12,14-15H2,1-3H3,(H2,23,24,25). The maximum atomic E-state index is 5.74. The highest BCUT2D eigenvalue weighted by Crippen LogP contribution is 2.32. The van der Waals surface area contributed by atoms with Crippen molar-refractivity contribution in [3.63, 3.8) is 0 Å². The molecule has 3 rings (SSSR count). The van der Waals surface area contributed by atoms with Crippen LogP contribution in [0.1, 0.15) is 31.4 Å². The van der Waals surface area contributed by atoms with Crippen LogP contribution in [0.4, 0.5) is 5.69 Å². The molecule has 0 aliphatic carbocycles. The van der Waals surface area contributed by atoms with Crippen LogP contribution in [0.25, 0.3) is 0 Å². The van der Waals surface area contributed by atoms with Crippen LogP contribution in [0.2, 0.25) is 0 Å². The van der Waals surface area contributed by atoms with Crippen molar-refractivity contribution in [3.05, 3.63) is 53.6 Å². The van der Waals surface area contributed by atoms with Gasteiger partial charge in [-0.1, -0.05) is 24.3 Å². The molecular formula is C22H29N3O3. The molecule has 0 bridgehead atoms. The van der Waals surface area contributed by atoms with E-state index in [4.69, 9.17) is 14.2 Å². The minimum Gasteiger partial charge on any atom is -0.490 e. The first kappa shape index (κ1) is 20.0. The van der Waals surface area contributed by atoms with Crippen LogP contribution in [0.3, 0.4) is 0 Å². The number of aliphatic imine (C=N–C) groups is 1. The first-order valence-corrected chi connectivity index (χ1v) is 9.71. The third-order valence-corrected chi connectivity index (χ3v) is 4.30. The molecule has 0 aromatic heterocycles. The zero-order valence-corrected chi connectivity index (χ0v) is 16.8. The molecule has 2 aromatic rings. The number of benzene rings is 2. The number of guanidine groups is 1. The van der Waals surface area contributed by atoms with Crippen molar-refractivity contribution in [1.82, 2.24) is 5.32 Å². The third kappa shape index (κ3) is 5.89. The summed E-state index contributed by atoms with van der Waals surface area (Å²) in [7, 11) is 1.75. The van der Waals surface area contributed by atoms with E-state index in [9.17, 15) is 0 Å². The number of hydrogen-bond acceptors (Lipinski definition) is 4. The summed E-state index contributed by atoms with van der Waals surface area (Å²) in [5.41, 5.74) is 3.25. The van der Waals surface area contributed by atoms with Crippen LogP contribution < -0.4 is 20.1 Å². The number of nitrogens with zero attached hydrogens (tertiary/aromatic N) is 1. The highest BCUT2D eigenvalue weighted by atomic mass is 16.5. The van der Waals surface area contributed by atoms with E-state index in [0.717, 1.165) is 23.6 Å². The van der Waals surface area contributed by atoms with E-state index in [0.29, 0.717) is 32.3 Å². The molecule has 6 heteroatoms. The van der Waals surface area contributed by atoms with Gasteiger partial charge in [0, 0.05) is 31.8 Å². The summed E-state index contributed by atoms with van der Waals surface area (Å²) in [6.45, 7) is 6.75. The van der Waals surface area contributed by atoms with Gasteiger partial charge in [0.15, 0.2) is 17.5 Å². The van der Waals surface area contributed by atoms with Crippen LogP contribution >= 0.6 is 0 Å². The summed E-state index contributed by atoms with van der Waals surface area (Å²) < 4.78 is 17.0. The van der Waals surface area contributed by atoms with E-state index in [2.05, 4.69) is 39.9 Å². The van der Waals surface area contributed by atoms with Crippen LogP contribution in [-0.4, -0.2) is 32.3 Å². The lowest BCUT2D eigenvalue weighted by atomic mass is 10.1. The Kier molecular flexibility index (Phi) is 7.14. The number of anilines is 1. The van der Waals surface area contributed by atoms with Gasteiger partial charge in [0.2, 0.25) is 0 Å². The van der Waals surface area contributed by atoms with Gasteiger partial charge in [-0.3, -0.25) is 4.99 Å². The van der Waals surface area contributed by atoms with Gasteiger partial charge in [0.05, 0.1) is 25.9 Å². The van der Waals surface area contributed by atoms with Gasteiger partial charge >= 0.3 is 0 Å². The van der Waals surface area contributed by atoms with Gasteiger partial charge in [0.25, 0.3) is 0 Å². The Balaban J connectivity index is 1.54. The molecule has 0 saturated heterocycles. The maximum Gasteiger partial charge on any atom is 0.195 e. The number of nitrogens with one attached hydrogen (secondary N) is 2. The fourth-order valence-electron chi connectivity index (χ4n) is 2.76. The number of rotatable bonds is 6. The van der Waals surface area contributed by atoms with Gasteiger partial charge < -0.3 is 24.8 Å². The van der Waals surface area contributed by atoms with E-state index < -0.39 is 0 Å². The van der Waals surface area contributed by atoms with Crippen LogP contribution in [0, 0.1) is 0 Å². The first-order valence-electron chi connectivity index (χ1n) is 9.71. The van der Waals surface area contributed by atoms with Crippen molar-refractivity contribution in [2.45, 2.75) is 39.5 Å². The zero-order valence-electron chi connectivity index (χ0n) is 16.8. The highest BCUT2D eigenvalue weighted by Gasteiger charge is 2.11. The van der Waals surface area contributed by atoms with Crippen LogP contribution in [0.15, 0.2) is 47.5 Å². The second-order valence-electron chi connectivity index (χ2n) is 6.94. The van der Waals surface area contributed by atoms with Gasteiger partial charge in [-0.05, 0) is 37.1 Å². The molecule has 2 aromatic carbocycles. The molecule has 0 radical (unpaired) electrons. The van der Waals surface area contributed by atoms with Gasteiger partial charge in [0.1, 0.15) is 0 Å². The quantitative estimate of drug-likeness (QED) is 0.584. The highest BCUT2D eigenvalue weighted by molar-refractivity contribution is 5.93. The molecule has 0 saturated carbocycles. The monoisotopic (exact) mass is 383 g/mol. The summed E-state index contributed by atoms with van der Waals surface area (Å²) in [6, 6.07) is 14.2. The molecule has 0 amide bonds. The Hall–Kier alpha value is -2.73. The van der Waals surface area contributed by atoms with Crippen molar-refractivity contribution in [2.75, 3.05) is 25.6 Å². The fraction of sp³-hybridized carbons (Fsp3) is 0.409. The topological polar surface area (TPSA) is 64.1 Å². The van der Waals surface area contributed by atoms with Crippen molar-refractivity contribution < 1.29 is 14.2 Å². The molecule has 150 valence electrons. The second-order valence-corrected chi connectivity index (χ2v) is 6.94. The van der Waals surface area contributed by atoms with Gasteiger partial charge in [-0.25, -0.2) is 0 Å². The predicted molar refractivity (Wildman–Crippen MR) is 112 cm³/mol. The molecule has 2 N–H and O–H groups in total. The number of hydrogen-bond donors (Lipinski definition) is 2. The van der Waals surface area contributed by atoms with Crippen molar-refractivity contribution >= 4 is 11.6 Å². The Morgan fingerprint density at radius 3 is 2.46 bits per heavy atom. The average Bonchev–Trinajstić information content (AvgIpc) is 2.95. The average molecular weight is 383 g/mol. The SMILES string of the molecule is CN=C(NCc1ccc(COC(C)C)cc1)Nc1ccc2c(c1)OCCCO2.